The van der Waals surface area contributed by atoms with E-state index in [1.807, 2.05) is 19.1 Å². The minimum atomic E-state index is -4.37. The Labute approximate surface area is 139 Å². The van der Waals surface area contributed by atoms with E-state index in [4.69, 9.17) is 15.2 Å². The summed E-state index contributed by atoms with van der Waals surface area (Å²) in [6.07, 6.45) is -3.67. The molecule has 0 aliphatic rings. The second kappa shape index (κ2) is 7.57. The topological polar surface area (TPSA) is 44.5 Å². The zero-order valence-electron chi connectivity index (χ0n) is 13.6. The third-order valence-electron chi connectivity index (χ3n) is 3.43. The average Bonchev–Trinajstić information content (AvgIpc) is 2.52. The maximum Gasteiger partial charge on any atom is 0.416 e. The van der Waals surface area contributed by atoms with Crippen LogP contribution in [0.5, 0.6) is 11.5 Å². The lowest BCUT2D eigenvalue weighted by atomic mass is 10.1. The van der Waals surface area contributed by atoms with Crippen LogP contribution in [0.4, 0.5) is 13.2 Å². The zero-order valence-corrected chi connectivity index (χ0v) is 13.6. The summed E-state index contributed by atoms with van der Waals surface area (Å²) < 4.78 is 49.1. The molecule has 0 amide bonds. The summed E-state index contributed by atoms with van der Waals surface area (Å²) in [6, 6.07) is 10.5. The Bertz CT molecular complexity index is 684. The van der Waals surface area contributed by atoms with E-state index < -0.39 is 11.7 Å². The van der Waals surface area contributed by atoms with Crippen LogP contribution in [0.15, 0.2) is 42.5 Å². The molecule has 2 rings (SSSR count). The van der Waals surface area contributed by atoms with Gasteiger partial charge in [0.1, 0.15) is 6.61 Å². The quantitative estimate of drug-likeness (QED) is 0.858. The Balaban J connectivity index is 2.11. The molecule has 0 saturated heterocycles. The van der Waals surface area contributed by atoms with Crippen molar-refractivity contribution in [1.82, 2.24) is 0 Å². The fraction of sp³-hybridized carbons (Fsp3) is 0.333. The van der Waals surface area contributed by atoms with E-state index in [0.717, 1.165) is 17.7 Å². The molecule has 6 heteroatoms. The van der Waals surface area contributed by atoms with E-state index in [9.17, 15) is 13.2 Å². The minimum absolute atomic E-state index is 0.0200. The predicted octanol–water partition coefficient (Wildman–Crippen LogP) is 4.18. The number of methoxy groups -OCH3 is 1. The van der Waals surface area contributed by atoms with E-state index >= 15 is 0 Å². The standard InChI is InChI=1S/C18H20F3NO2/c1-12(22)8-13-6-7-16(17(10-13)23-2)24-11-14-4-3-5-15(9-14)18(19,20)21/h3-7,9-10,12H,8,11,22H2,1-2H3. The predicted molar refractivity (Wildman–Crippen MR) is 86.1 cm³/mol. The highest BCUT2D eigenvalue weighted by molar-refractivity contribution is 5.43. The summed E-state index contributed by atoms with van der Waals surface area (Å²) in [7, 11) is 1.52. The largest absolute Gasteiger partial charge is 0.493 e. The second-order valence-electron chi connectivity index (χ2n) is 5.65. The monoisotopic (exact) mass is 339 g/mol. The normalized spacial score (nSPS) is 12.8. The molecule has 3 nitrogen and oxygen atoms in total. The second-order valence-corrected chi connectivity index (χ2v) is 5.65. The highest BCUT2D eigenvalue weighted by Gasteiger charge is 2.30. The van der Waals surface area contributed by atoms with Crippen LogP contribution in [0.1, 0.15) is 23.6 Å². The number of nitrogens with two attached hydrogens (primary N) is 1. The molecule has 0 aliphatic heterocycles. The number of benzene rings is 2. The lowest BCUT2D eigenvalue weighted by molar-refractivity contribution is -0.137. The van der Waals surface area contributed by atoms with E-state index in [1.54, 1.807) is 12.1 Å². The van der Waals surface area contributed by atoms with Gasteiger partial charge in [0.2, 0.25) is 0 Å². The number of rotatable bonds is 6. The maximum absolute atomic E-state index is 12.7. The summed E-state index contributed by atoms with van der Waals surface area (Å²) in [4.78, 5) is 0. The molecule has 1 unspecified atom stereocenters. The fourth-order valence-electron chi connectivity index (χ4n) is 2.33. The summed E-state index contributed by atoms with van der Waals surface area (Å²) in [6.45, 7) is 1.93. The lowest BCUT2D eigenvalue weighted by Gasteiger charge is -2.14. The Morgan fingerprint density at radius 2 is 1.79 bits per heavy atom. The smallest absolute Gasteiger partial charge is 0.416 e. The Morgan fingerprint density at radius 1 is 1.04 bits per heavy atom. The highest BCUT2D eigenvalue weighted by atomic mass is 19.4. The molecular weight excluding hydrogens is 319 g/mol. The van der Waals surface area contributed by atoms with Crippen molar-refractivity contribution in [2.24, 2.45) is 5.73 Å². The van der Waals surface area contributed by atoms with Gasteiger partial charge in [0.15, 0.2) is 11.5 Å². The lowest BCUT2D eigenvalue weighted by Crippen LogP contribution is -2.17. The van der Waals surface area contributed by atoms with E-state index in [2.05, 4.69) is 0 Å². The van der Waals surface area contributed by atoms with Gasteiger partial charge in [-0.25, -0.2) is 0 Å². The van der Waals surface area contributed by atoms with Crippen LogP contribution >= 0.6 is 0 Å². The van der Waals surface area contributed by atoms with Gasteiger partial charge in [-0.1, -0.05) is 18.2 Å². The van der Waals surface area contributed by atoms with Gasteiger partial charge in [-0.05, 0) is 48.7 Å². The summed E-state index contributed by atoms with van der Waals surface area (Å²) in [5.74, 6) is 1.00. The molecule has 0 aliphatic carbocycles. The molecule has 0 heterocycles. The van der Waals surface area contributed by atoms with Gasteiger partial charge < -0.3 is 15.2 Å². The van der Waals surface area contributed by atoms with Crippen molar-refractivity contribution >= 4 is 0 Å². The average molecular weight is 339 g/mol. The molecule has 2 N–H and O–H groups in total. The van der Waals surface area contributed by atoms with E-state index in [0.29, 0.717) is 23.5 Å². The molecule has 0 saturated carbocycles. The maximum atomic E-state index is 12.7. The first-order chi connectivity index (χ1) is 11.3. The first-order valence-corrected chi connectivity index (χ1v) is 7.51. The summed E-state index contributed by atoms with van der Waals surface area (Å²) in [5.41, 5.74) is 6.53. The third-order valence-corrected chi connectivity index (χ3v) is 3.43. The molecule has 2 aromatic rings. The molecule has 0 fully saturated rings. The SMILES string of the molecule is COc1cc(CC(C)N)ccc1OCc1cccc(C(F)(F)F)c1. The molecule has 0 bridgehead atoms. The molecule has 24 heavy (non-hydrogen) atoms. The number of ether oxygens (including phenoxy) is 2. The summed E-state index contributed by atoms with van der Waals surface area (Å²) in [5, 5.41) is 0. The molecule has 0 aromatic heterocycles. The Morgan fingerprint density at radius 3 is 2.42 bits per heavy atom. The van der Waals surface area contributed by atoms with Gasteiger partial charge in [-0.3, -0.25) is 0 Å². The fourth-order valence-corrected chi connectivity index (χ4v) is 2.33. The minimum Gasteiger partial charge on any atom is -0.493 e. The number of hydrogen-bond donors (Lipinski definition) is 1. The summed E-state index contributed by atoms with van der Waals surface area (Å²) >= 11 is 0. The third kappa shape index (κ3) is 4.89. The van der Waals surface area contributed by atoms with Crippen molar-refractivity contribution in [3.63, 3.8) is 0 Å². The van der Waals surface area contributed by atoms with Crippen LogP contribution in [0, 0.1) is 0 Å². The van der Waals surface area contributed by atoms with Crippen LogP contribution in [0.25, 0.3) is 0 Å². The van der Waals surface area contributed by atoms with Gasteiger partial charge >= 0.3 is 6.18 Å². The first-order valence-electron chi connectivity index (χ1n) is 7.51. The van der Waals surface area contributed by atoms with Crippen molar-refractivity contribution in [2.75, 3.05) is 7.11 Å². The van der Waals surface area contributed by atoms with Crippen LogP contribution < -0.4 is 15.2 Å². The molecule has 130 valence electrons. The van der Waals surface area contributed by atoms with Crippen LogP contribution in [0.2, 0.25) is 0 Å². The van der Waals surface area contributed by atoms with Crippen molar-refractivity contribution in [1.29, 1.82) is 0 Å². The van der Waals surface area contributed by atoms with Crippen LogP contribution in [-0.2, 0) is 19.2 Å². The van der Waals surface area contributed by atoms with Crippen LogP contribution in [-0.4, -0.2) is 13.2 Å². The van der Waals surface area contributed by atoms with Crippen molar-refractivity contribution in [2.45, 2.75) is 32.2 Å². The van der Waals surface area contributed by atoms with Gasteiger partial charge in [0.05, 0.1) is 12.7 Å². The molecule has 0 spiro atoms. The highest BCUT2D eigenvalue weighted by Crippen LogP contribution is 2.31. The van der Waals surface area contributed by atoms with Gasteiger partial charge in [-0.15, -0.1) is 0 Å². The van der Waals surface area contributed by atoms with E-state index in [-0.39, 0.29) is 12.6 Å². The van der Waals surface area contributed by atoms with Gasteiger partial charge in [0, 0.05) is 6.04 Å². The van der Waals surface area contributed by atoms with Gasteiger partial charge in [0.25, 0.3) is 0 Å². The number of hydrogen-bond acceptors (Lipinski definition) is 3. The molecule has 1 atom stereocenters. The van der Waals surface area contributed by atoms with E-state index in [1.165, 1.54) is 13.2 Å². The molecule has 2 aromatic carbocycles. The Hall–Kier alpha value is -2.21. The van der Waals surface area contributed by atoms with Crippen molar-refractivity contribution < 1.29 is 22.6 Å². The molecular formula is C18H20F3NO2. The Kier molecular flexibility index (Phi) is 5.72. The van der Waals surface area contributed by atoms with Crippen LogP contribution in [0.3, 0.4) is 0 Å². The van der Waals surface area contributed by atoms with Crippen molar-refractivity contribution in [3.8, 4) is 11.5 Å². The zero-order chi connectivity index (χ0) is 17.7. The molecule has 0 radical (unpaired) electrons. The number of alkyl halides is 3. The first kappa shape index (κ1) is 18.1. The van der Waals surface area contributed by atoms with Crippen molar-refractivity contribution in [3.05, 3.63) is 59.2 Å². The number of halogens is 3. The van der Waals surface area contributed by atoms with Gasteiger partial charge in [-0.2, -0.15) is 13.2 Å².